The van der Waals surface area contributed by atoms with Crippen LogP contribution in [0.25, 0.3) is 10.8 Å². The highest BCUT2D eigenvalue weighted by Gasteiger charge is 2.02. The average molecular weight is 228 g/mol. The molecule has 1 amide bonds. The maximum Gasteiger partial charge on any atom is 0.234 e. The molecule has 2 rings (SSSR count). The van der Waals surface area contributed by atoms with Crippen LogP contribution in [0.1, 0.15) is 5.56 Å². The molecular weight excluding hydrogens is 212 g/mol. The fourth-order valence-electron chi connectivity index (χ4n) is 1.86. The number of carbonyl (C=O) groups is 1. The zero-order chi connectivity index (χ0) is 12.1. The van der Waals surface area contributed by atoms with Gasteiger partial charge >= 0.3 is 0 Å². The molecule has 3 nitrogen and oxygen atoms in total. The van der Waals surface area contributed by atoms with E-state index in [1.807, 2.05) is 24.3 Å². The van der Waals surface area contributed by atoms with E-state index in [-0.39, 0.29) is 5.91 Å². The van der Waals surface area contributed by atoms with Gasteiger partial charge in [0.05, 0.1) is 6.54 Å². The van der Waals surface area contributed by atoms with Crippen molar-refractivity contribution in [1.29, 1.82) is 0 Å². The molecule has 0 fully saturated rings. The number of nitrogens with one attached hydrogen (secondary N) is 2. The minimum atomic E-state index is 0.0143. The SMILES string of the molecule is CNCC(=O)NCc1cccc2ccccc12. The van der Waals surface area contributed by atoms with Crippen LogP contribution >= 0.6 is 0 Å². The van der Waals surface area contributed by atoms with Crippen molar-refractivity contribution in [3.8, 4) is 0 Å². The monoisotopic (exact) mass is 228 g/mol. The minimum Gasteiger partial charge on any atom is -0.351 e. The van der Waals surface area contributed by atoms with Gasteiger partial charge in [0.25, 0.3) is 0 Å². The Hall–Kier alpha value is -1.87. The van der Waals surface area contributed by atoms with Crippen molar-refractivity contribution >= 4 is 16.7 Å². The van der Waals surface area contributed by atoms with E-state index in [0.717, 1.165) is 5.56 Å². The van der Waals surface area contributed by atoms with Crippen molar-refractivity contribution in [2.24, 2.45) is 0 Å². The molecule has 2 aromatic rings. The molecule has 0 aliphatic carbocycles. The quantitative estimate of drug-likeness (QED) is 0.836. The highest BCUT2D eigenvalue weighted by Crippen LogP contribution is 2.17. The van der Waals surface area contributed by atoms with Gasteiger partial charge in [0.15, 0.2) is 0 Å². The van der Waals surface area contributed by atoms with Crippen molar-refractivity contribution in [3.05, 3.63) is 48.0 Å². The lowest BCUT2D eigenvalue weighted by Crippen LogP contribution is -2.31. The molecule has 0 radical (unpaired) electrons. The van der Waals surface area contributed by atoms with E-state index in [1.54, 1.807) is 7.05 Å². The van der Waals surface area contributed by atoms with Crippen LogP contribution in [0.5, 0.6) is 0 Å². The topological polar surface area (TPSA) is 41.1 Å². The molecule has 0 saturated carbocycles. The summed E-state index contributed by atoms with van der Waals surface area (Å²) in [5.41, 5.74) is 1.15. The van der Waals surface area contributed by atoms with Crippen molar-refractivity contribution < 1.29 is 4.79 Å². The molecule has 17 heavy (non-hydrogen) atoms. The first-order valence-corrected chi connectivity index (χ1v) is 5.69. The average Bonchev–Trinajstić information content (AvgIpc) is 2.36. The number of fused-ring (bicyclic) bond motifs is 1. The third-order valence-electron chi connectivity index (χ3n) is 2.69. The van der Waals surface area contributed by atoms with Crippen molar-refractivity contribution in [2.45, 2.75) is 6.54 Å². The zero-order valence-corrected chi connectivity index (χ0v) is 9.86. The first-order chi connectivity index (χ1) is 8.31. The highest BCUT2D eigenvalue weighted by atomic mass is 16.1. The third kappa shape index (κ3) is 2.82. The summed E-state index contributed by atoms with van der Waals surface area (Å²) in [6, 6.07) is 14.3. The molecule has 0 aliphatic heterocycles. The van der Waals surface area contributed by atoms with E-state index in [4.69, 9.17) is 0 Å². The van der Waals surface area contributed by atoms with Gasteiger partial charge in [-0.15, -0.1) is 0 Å². The van der Waals surface area contributed by atoms with Gasteiger partial charge in [-0.3, -0.25) is 4.79 Å². The molecule has 0 bridgehead atoms. The number of likely N-dealkylation sites (N-methyl/N-ethyl adjacent to an activating group) is 1. The number of amides is 1. The minimum absolute atomic E-state index is 0.0143. The Morgan fingerprint density at radius 3 is 2.71 bits per heavy atom. The van der Waals surface area contributed by atoms with E-state index < -0.39 is 0 Å². The number of rotatable bonds is 4. The first kappa shape index (κ1) is 11.6. The smallest absolute Gasteiger partial charge is 0.234 e. The molecular formula is C14H16N2O. The van der Waals surface area contributed by atoms with E-state index in [0.29, 0.717) is 13.1 Å². The molecule has 3 heteroatoms. The van der Waals surface area contributed by atoms with Crippen LogP contribution in [-0.2, 0) is 11.3 Å². The Kier molecular flexibility index (Phi) is 3.73. The summed E-state index contributed by atoms with van der Waals surface area (Å²) in [6.07, 6.45) is 0. The van der Waals surface area contributed by atoms with Crippen molar-refractivity contribution in [2.75, 3.05) is 13.6 Å². The predicted molar refractivity (Wildman–Crippen MR) is 69.7 cm³/mol. The predicted octanol–water partition coefficient (Wildman–Crippen LogP) is 1.68. The summed E-state index contributed by atoms with van der Waals surface area (Å²) >= 11 is 0. The number of hydrogen-bond acceptors (Lipinski definition) is 2. The van der Waals surface area contributed by atoms with Crippen LogP contribution in [0.15, 0.2) is 42.5 Å². The van der Waals surface area contributed by atoms with Gasteiger partial charge in [-0.05, 0) is 23.4 Å². The van der Waals surface area contributed by atoms with Gasteiger partial charge < -0.3 is 10.6 Å². The molecule has 2 aromatic carbocycles. The standard InChI is InChI=1S/C14H16N2O/c1-15-10-14(17)16-9-12-7-4-6-11-5-2-3-8-13(11)12/h2-8,15H,9-10H2,1H3,(H,16,17). The molecule has 0 aliphatic rings. The van der Waals surface area contributed by atoms with Crippen molar-refractivity contribution in [3.63, 3.8) is 0 Å². The second-order valence-corrected chi connectivity index (χ2v) is 3.95. The Balaban J connectivity index is 2.16. The van der Waals surface area contributed by atoms with Crippen LogP contribution < -0.4 is 10.6 Å². The van der Waals surface area contributed by atoms with Gasteiger partial charge in [0, 0.05) is 6.54 Å². The Labute approximate surface area is 101 Å². The first-order valence-electron chi connectivity index (χ1n) is 5.69. The highest BCUT2D eigenvalue weighted by molar-refractivity contribution is 5.86. The van der Waals surface area contributed by atoms with Crippen LogP contribution in [0, 0.1) is 0 Å². The number of hydrogen-bond donors (Lipinski definition) is 2. The van der Waals surface area contributed by atoms with Gasteiger partial charge in [-0.1, -0.05) is 42.5 Å². The Morgan fingerprint density at radius 2 is 1.88 bits per heavy atom. The van der Waals surface area contributed by atoms with Gasteiger partial charge in [0.1, 0.15) is 0 Å². The molecule has 2 N–H and O–H groups in total. The van der Waals surface area contributed by atoms with E-state index in [9.17, 15) is 4.79 Å². The molecule has 0 saturated heterocycles. The summed E-state index contributed by atoms with van der Waals surface area (Å²) in [5.74, 6) is 0.0143. The summed E-state index contributed by atoms with van der Waals surface area (Å²) in [5, 5.41) is 8.12. The van der Waals surface area contributed by atoms with Crippen molar-refractivity contribution in [1.82, 2.24) is 10.6 Å². The van der Waals surface area contributed by atoms with Crippen LogP contribution in [0.3, 0.4) is 0 Å². The maximum atomic E-state index is 11.4. The van der Waals surface area contributed by atoms with Crippen LogP contribution in [0.4, 0.5) is 0 Å². The summed E-state index contributed by atoms with van der Waals surface area (Å²) < 4.78 is 0. The summed E-state index contributed by atoms with van der Waals surface area (Å²) in [6.45, 7) is 0.923. The van der Waals surface area contributed by atoms with Gasteiger partial charge in [-0.25, -0.2) is 0 Å². The lowest BCUT2D eigenvalue weighted by molar-refractivity contribution is -0.120. The zero-order valence-electron chi connectivity index (χ0n) is 9.86. The fraction of sp³-hybridized carbons (Fsp3) is 0.214. The van der Waals surface area contributed by atoms with E-state index >= 15 is 0 Å². The van der Waals surface area contributed by atoms with Gasteiger partial charge in [-0.2, -0.15) is 0 Å². The Morgan fingerprint density at radius 1 is 1.12 bits per heavy atom. The van der Waals surface area contributed by atoms with Crippen LogP contribution in [0.2, 0.25) is 0 Å². The molecule has 0 aromatic heterocycles. The molecule has 88 valence electrons. The number of benzene rings is 2. The van der Waals surface area contributed by atoms with E-state index in [2.05, 4.69) is 28.8 Å². The molecule has 0 unspecified atom stereocenters. The summed E-state index contributed by atoms with van der Waals surface area (Å²) in [4.78, 5) is 11.4. The second-order valence-electron chi connectivity index (χ2n) is 3.95. The van der Waals surface area contributed by atoms with Crippen LogP contribution in [-0.4, -0.2) is 19.5 Å². The maximum absolute atomic E-state index is 11.4. The summed E-state index contributed by atoms with van der Waals surface area (Å²) in [7, 11) is 1.76. The normalized spacial score (nSPS) is 10.4. The molecule has 0 spiro atoms. The Bertz CT molecular complexity index is 517. The third-order valence-corrected chi connectivity index (χ3v) is 2.69. The number of carbonyl (C=O) groups excluding carboxylic acids is 1. The fourth-order valence-corrected chi connectivity index (χ4v) is 1.86. The lowest BCUT2D eigenvalue weighted by atomic mass is 10.0. The molecule has 0 heterocycles. The lowest BCUT2D eigenvalue weighted by Gasteiger charge is -2.08. The van der Waals surface area contributed by atoms with Gasteiger partial charge in [0.2, 0.25) is 5.91 Å². The molecule has 0 atom stereocenters. The second kappa shape index (κ2) is 5.46. The van der Waals surface area contributed by atoms with E-state index in [1.165, 1.54) is 10.8 Å². The largest absolute Gasteiger partial charge is 0.351 e.